The quantitative estimate of drug-likeness (QED) is 0.613. The zero-order valence-electron chi connectivity index (χ0n) is 19.5. The minimum Gasteiger partial charge on any atom is -0.488 e. The Hall–Kier alpha value is -3.20. The summed E-state index contributed by atoms with van der Waals surface area (Å²) in [6.07, 6.45) is 8.43. The number of rotatable bonds is 5. The van der Waals surface area contributed by atoms with Crippen LogP contribution in [0.15, 0.2) is 24.5 Å². The molecule has 1 N–H and O–H groups in total. The van der Waals surface area contributed by atoms with Crippen molar-refractivity contribution in [1.82, 2.24) is 19.9 Å². The molecule has 2 aromatic heterocycles. The van der Waals surface area contributed by atoms with E-state index in [1.807, 2.05) is 6.92 Å². The summed E-state index contributed by atoms with van der Waals surface area (Å²) in [6.45, 7) is 5.85. The number of hydrogen-bond acceptors (Lipinski definition) is 9. The van der Waals surface area contributed by atoms with Crippen molar-refractivity contribution in [3.05, 3.63) is 36.0 Å². The molecule has 34 heavy (non-hydrogen) atoms. The number of hydrogen-bond donors (Lipinski definition) is 1. The van der Waals surface area contributed by atoms with Gasteiger partial charge in [0.2, 0.25) is 0 Å². The molecule has 0 radical (unpaired) electrons. The van der Waals surface area contributed by atoms with Crippen LogP contribution in [0.5, 0.6) is 11.5 Å². The van der Waals surface area contributed by atoms with Gasteiger partial charge in [-0.05, 0) is 38.7 Å². The fourth-order valence-electron chi connectivity index (χ4n) is 5.11. The average molecular weight is 463 g/mol. The second-order valence-electron chi connectivity index (χ2n) is 9.20. The Bertz CT molecular complexity index is 1170. The first-order valence-electron chi connectivity index (χ1n) is 12.2. The number of benzene rings is 1. The monoisotopic (exact) mass is 462 g/mol. The smallest absolute Gasteiger partial charge is 0.183 e. The molecule has 178 valence electrons. The molecule has 0 spiro atoms. The fraction of sp³-hybridized carbons (Fsp3) is 0.520. The molecule has 4 heterocycles. The van der Waals surface area contributed by atoms with Gasteiger partial charge < -0.3 is 24.4 Å². The standard InChI is InChI=1S/C25H30N6O3/c1-16-28-20-6-11-33-24(20)25(29-16)30-17-2-4-19(5-3-17)34-22-15-18(31-9-12-32-13-10-31)14-21-23(22)27-8-7-26-21/h7-8,14-15,17,19H,2-6,9-13H2,1H3,(H,28,29,30). The normalized spacial score (nSPS) is 22.3. The SMILES string of the molecule is Cc1nc2c(c(NC3CCC(Oc4cc(N5CCOCC5)cc5nccnc45)CC3)n1)OCC2. The molecule has 9 heteroatoms. The number of anilines is 2. The summed E-state index contributed by atoms with van der Waals surface area (Å²) in [6, 6.07) is 4.57. The second kappa shape index (κ2) is 9.21. The van der Waals surface area contributed by atoms with Crippen molar-refractivity contribution in [3.63, 3.8) is 0 Å². The van der Waals surface area contributed by atoms with Gasteiger partial charge in [-0.1, -0.05) is 0 Å². The van der Waals surface area contributed by atoms with Gasteiger partial charge in [0.25, 0.3) is 0 Å². The van der Waals surface area contributed by atoms with Gasteiger partial charge in [0, 0.05) is 49.7 Å². The molecule has 3 aliphatic rings. The van der Waals surface area contributed by atoms with Crippen LogP contribution in [0.25, 0.3) is 11.0 Å². The van der Waals surface area contributed by atoms with Crippen molar-refractivity contribution in [3.8, 4) is 11.5 Å². The first kappa shape index (κ1) is 21.3. The van der Waals surface area contributed by atoms with Gasteiger partial charge in [-0.15, -0.1) is 0 Å². The molecule has 2 aliphatic heterocycles. The Labute approximate surface area is 198 Å². The van der Waals surface area contributed by atoms with Gasteiger partial charge in [0.1, 0.15) is 17.1 Å². The molecular weight excluding hydrogens is 432 g/mol. The Morgan fingerprint density at radius 3 is 2.68 bits per heavy atom. The van der Waals surface area contributed by atoms with Gasteiger partial charge in [-0.25, -0.2) is 15.0 Å². The van der Waals surface area contributed by atoms with Crippen LogP contribution in [-0.2, 0) is 11.2 Å². The molecule has 1 aliphatic carbocycles. The van der Waals surface area contributed by atoms with Crippen LogP contribution in [0.2, 0.25) is 0 Å². The molecule has 2 fully saturated rings. The Kier molecular flexibility index (Phi) is 5.78. The second-order valence-corrected chi connectivity index (χ2v) is 9.20. The van der Waals surface area contributed by atoms with Crippen LogP contribution < -0.4 is 19.7 Å². The molecule has 1 saturated carbocycles. The number of nitrogens with one attached hydrogen (secondary N) is 1. The van der Waals surface area contributed by atoms with E-state index >= 15 is 0 Å². The van der Waals surface area contributed by atoms with E-state index in [0.29, 0.717) is 12.6 Å². The average Bonchev–Trinajstić information content (AvgIpc) is 3.34. The number of fused-ring (bicyclic) bond motifs is 2. The number of aryl methyl sites for hydroxylation is 1. The summed E-state index contributed by atoms with van der Waals surface area (Å²) in [7, 11) is 0. The fourth-order valence-corrected chi connectivity index (χ4v) is 5.11. The summed E-state index contributed by atoms with van der Waals surface area (Å²) < 4.78 is 17.9. The van der Waals surface area contributed by atoms with Gasteiger partial charge in [-0.3, -0.25) is 4.98 Å². The summed E-state index contributed by atoms with van der Waals surface area (Å²) >= 11 is 0. The van der Waals surface area contributed by atoms with Gasteiger partial charge >= 0.3 is 0 Å². The summed E-state index contributed by atoms with van der Waals surface area (Å²) in [5, 5.41) is 3.62. The summed E-state index contributed by atoms with van der Waals surface area (Å²) in [5.41, 5.74) is 3.82. The minimum atomic E-state index is 0.150. The van der Waals surface area contributed by atoms with Crippen LogP contribution in [0, 0.1) is 6.92 Å². The molecule has 3 aromatic rings. The molecular formula is C25H30N6O3. The van der Waals surface area contributed by atoms with Crippen molar-refractivity contribution in [1.29, 1.82) is 0 Å². The zero-order valence-corrected chi connectivity index (χ0v) is 19.5. The third-order valence-electron chi connectivity index (χ3n) is 6.84. The van der Waals surface area contributed by atoms with Crippen molar-refractivity contribution in [2.45, 2.75) is 51.2 Å². The zero-order chi connectivity index (χ0) is 22.9. The number of aromatic nitrogens is 4. The van der Waals surface area contributed by atoms with Crippen LogP contribution in [-0.4, -0.2) is 65.0 Å². The third-order valence-corrected chi connectivity index (χ3v) is 6.84. The van der Waals surface area contributed by atoms with E-state index in [-0.39, 0.29) is 6.10 Å². The van der Waals surface area contributed by atoms with E-state index in [1.165, 1.54) is 0 Å². The number of nitrogens with zero attached hydrogens (tertiary/aromatic N) is 5. The highest BCUT2D eigenvalue weighted by molar-refractivity contribution is 5.85. The van der Waals surface area contributed by atoms with Crippen molar-refractivity contribution in [2.24, 2.45) is 0 Å². The first-order valence-corrected chi connectivity index (χ1v) is 12.2. The predicted octanol–water partition coefficient (Wildman–Crippen LogP) is 3.30. The molecule has 9 nitrogen and oxygen atoms in total. The van der Waals surface area contributed by atoms with E-state index in [9.17, 15) is 0 Å². The van der Waals surface area contributed by atoms with E-state index in [0.717, 1.165) is 104 Å². The van der Waals surface area contributed by atoms with Crippen LogP contribution in [0.3, 0.4) is 0 Å². The molecule has 0 unspecified atom stereocenters. The van der Waals surface area contributed by atoms with E-state index < -0.39 is 0 Å². The Balaban J connectivity index is 1.15. The largest absolute Gasteiger partial charge is 0.488 e. The minimum absolute atomic E-state index is 0.150. The van der Waals surface area contributed by atoms with Crippen LogP contribution in [0.1, 0.15) is 37.2 Å². The van der Waals surface area contributed by atoms with Crippen LogP contribution in [0.4, 0.5) is 11.5 Å². The summed E-state index contributed by atoms with van der Waals surface area (Å²) in [4.78, 5) is 20.6. The molecule has 0 bridgehead atoms. The number of morpholine rings is 1. The topological polar surface area (TPSA) is 94.5 Å². The van der Waals surface area contributed by atoms with Crippen molar-refractivity contribution < 1.29 is 14.2 Å². The maximum absolute atomic E-state index is 6.55. The molecule has 6 rings (SSSR count). The molecule has 0 atom stereocenters. The number of ether oxygens (including phenoxy) is 3. The maximum Gasteiger partial charge on any atom is 0.183 e. The van der Waals surface area contributed by atoms with Crippen molar-refractivity contribution >= 4 is 22.5 Å². The molecule has 1 saturated heterocycles. The predicted molar refractivity (Wildman–Crippen MR) is 129 cm³/mol. The third kappa shape index (κ3) is 4.32. The first-order chi connectivity index (χ1) is 16.7. The highest BCUT2D eigenvalue weighted by atomic mass is 16.5. The lowest BCUT2D eigenvalue weighted by atomic mass is 9.93. The van der Waals surface area contributed by atoms with Gasteiger partial charge in [0.05, 0.1) is 37.1 Å². The lowest BCUT2D eigenvalue weighted by Crippen LogP contribution is -2.36. The van der Waals surface area contributed by atoms with Crippen LogP contribution >= 0.6 is 0 Å². The highest BCUT2D eigenvalue weighted by Crippen LogP contribution is 2.35. The maximum atomic E-state index is 6.55. The van der Waals surface area contributed by atoms with E-state index in [2.05, 4.69) is 42.3 Å². The molecule has 0 amide bonds. The Morgan fingerprint density at radius 2 is 1.82 bits per heavy atom. The molecule has 1 aromatic carbocycles. The van der Waals surface area contributed by atoms with Gasteiger partial charge in [-0.2, -0.15) is 0 Å². The van der Waals surface area contributed by atoms with E-state index in [1.54, 1.807) is 12.4 Å². The Morgan fingerprint density at radius 1 is 1.00 bits per heavy atom. The van der Waals surface area contributed by atoms with Crippen molar-refractivity contribution in [2.75, 3.05) is 43.1 Å². The highest BCUT2D eigenvalue weighted by Gasteiger charge is 2.27. The lowest BCUT2D eigenvalue weighted by molar-refractivity contribution is 0.122. The van der Waals surface area contributed by atoms with E-state index in [4.69, 9.17) is 14.2 Å². The lowest BCUT2D eigenvalue weighted by Gasteiger charge is -2.31. The summed E-state index contributed by atoms with van der Waals surface area (Å²) in [5.74, 6) is 3.27. The van der Waals surface area contributed by atoms with Gasteiger partial charge in [0.15, 0.2) is 11.6 Å².